The summed E-state index contributed by atoms with van der Waals surface area (Å²) >= 11 is 6.13. The van der Waals surface area contributed by atoms with E-state index in [1.165, 1.54) is 0 Å². The van der Waals surface area contributed by atoms with Crippen LogP contribution in [-0.2, 0) is 11.3 Å². The van der Waals surface area contributed by atoms with Crippen LogP contribution >= 0.6 is 11.6 Å². The molecule has 0 saturated carbocycles. The number of hydrogen-bond donors (Lipinski definition) is 0. The highest BCUT2D eigenvalue weighted by Gasteiger charge is 2.27. The first-order chi connectivity index (χ1) is 10.6. The first-order valence-corrected chi connectivity index (χ1v) is 6.86. The van der Waals surface area contributed by atoms with Gasteiger partial charge in [-0.05, 0) is 12.1 Å². The molecular formula is C14H9ClN4O3. The molecule has 0 spiro atoms. The van der Waals surface area contributed by atoms with Gasteiger partial charge in [-0.15, -0.1) is 0 Å². The molecule has 7 nitrogen and oxygen atoms in total. The van der Waals surface area contributed by atoms with E-state index in [9.17, 15) is 4.79 Å². The van der Waals surface area contributed by atoms with Gasteiger partial charge in [-0.1, -0.05) is 22.8 Å². The van der Waals surface area contributed by atoms with Crippen LogP contribution in [0.15, 0.2) is 29.0 Å². The SMILES string of the molecule is Cc1nc(-c2ncn3c2COC(=O)c2c(Cl)cccc2-3)no1. The van der Waals surface area contributed by atoms with Gasteiger partial charge in [0.25, 0.3) is 0 Å². The molecule has 0 unspecified atom stereocenters. The molecule has 3 heterocycles. The average Bonchev–Trinajstić information content (AvgIpc) is 3.07. The van der Waals surface area contributed by atoms with Crippen molar-refractivity contribution >= 4 is 17.6 Å². The summed E-state index contributed by atoms with van der Waals surface area (Å²) in [4.78, 5) is 20.6. The number of fused-ring (bicyclic) bond motifs is 3. The number of cyclic esters (lactones) is 1. The summed E-state index contributed by atoms with van der Waals surface area (Å²) in [6.07, 6.45) is 1.59. The van der Waals surface area contributed by atoms with Gasteiger partial charge in [0.2, 0.25) is 11.7 Å². The first-order valence-electron chi connectivity index (χ1n) is 6.48. The van der Waals surface area contributed by atoms with Gasteiger partial charge >= 0.3 is 5.97 Å². The standard InChI is InChI=1S/C14H9ClN4O3/c1-7-17-13(18-22-7)12-10-5-21-14(20)11-8(15)3-2-4-9(11)19(10)6-16-12/h2-4,6H,5H2,1H3. The van der Waals surface area contributed by atoms with Gasteiger partial charge in [-0.3, -0.25) is 4.57 Å². The molecule has 0 N–H and O–H groups in total. The van der Waals surface area contributed by atoms with E-state index in [4.69, 9.17) is 20.9 Å². The molecule has 0 bridgehead atoms. The number of rotatable bonds is 1. The summed E-state index contributed by atoms with van der Waals surface area (Å²) in [6, 6.07) is 5.19. The Morgan fingerprint density at radius 1 is 1.36 bits per heavy atom. The molecule has 0 radical (unpaired) electrons. The van der Waals surface area contributed by atoms with Gasteiger partial charge < -0.3 is 9.26 Å². The van der Waals surface area contributed by atoms with Crippen molar-refractivity contribution in [2.75, 3.05) is 0 Å². The van der Waals surface area contributed by atoms with Crippen LogP contribution < -0.4 is 0 Å². The molecule has 22 heavy (non-hydrogen) atoms. The van der Waals surface area contributed by atoms with E-state index in [1.807, 2.05) is 0 Å². The van der Waals surface area contributed by atoms with Crippen molar-refractivity contribution in [2.24, 2.45) is 0 Å². The fraction of sp³-hybridized carbons (Fsp3) is 0.143. The number of hydrogen-bond acceptors (Lipinski definition) is 6. The Balaban J connectivity index is 1.96. The Kier molecular flexibility index (Phi) is 2.77. The minimum absolute atomic E-state index is 0.0484. The molecule has 1 aliphatic heterocycles. The summed E-state index contributed by atoms with van der Waals surface area (Å²) in [6.45, 7) is 1.74. The van der Waals surface area contributed by atoms with E-state index in [2.05, 4.69) is 15.1 Å². The third kappa shape index (κ3) is 1.82. The lowest BCUT2D eigenvalue weighted by Gasteiger charge is -2.07. The lowest BCUT2D eigenvalue weighted by Crippen LogP contribution is -2.05. The van der Waals surface area contributed by atoms with Crippen molar-refractivity contribution in [3.63, 3.8) is 0 Å². The third-order valence-electron chi connectivity index (χ3n) is 3.40. The molecule has 1 aromatic carbocycles. The zero-order valence-electron chi connectivity index (χ0n) is 11.4. The predicted octanol–water partition coefficient (Wildman–Crippen LogP) is 2.55. The summed E-state index contributed by atoms with van der Waals surface area (Å²) in [5.74, 6) is 0.318. The Morgan fingerprint density at radius 2 is 2.23 bits per heavy atom. The van der Waals surface area contributed by atoms with Crippen molar-refractivity contribution in [1.82, 2.24) is 19.7 Å². The number of carbonyl (C=O) groups is 1. The van der Waals surface area contributed by atoms with E-state index in [0.717, 1.165) is 0 Å². The molecule has 8 heteroatoms. The number of halogens is 1. The molecule has 4 rings (SSSR count). The Hall–Kier alpha value is -2.67. The molecule has 3 aromatic rings. The summed E-state index contributed by atoms with van der Waals surface area (Å²) < 4.78 is 12.0. The molecule has 0 amide bonds. The van der Waals surface area contributed by atoms with Gasteiger partial charge in [0, 0.05) is 6.92 Å². The van der Waals surface area contributed by atoms with Gasteiger partial charge in [-0.25, -0.2) is 9.78 Å². The second kappa shape index (κ2) is 4.67. The lowest BCUT2D eigenvalue weighted by molar-refractivity contribution is 0.0476. The number of carbonyl (C=O) groups excluding carboxylic acids is 1. The van der Waals surface area contributed by atoms with Gasteiger partial charge in [0.05, 0.1) is 16.4 Å². The minimum atomic E-state index is -0.473. The number of nitrogens with zero attached hydrogens (tertiary/aromatic N) is 4. The molecule has 110 valence electrons. The van der Waals surface area contributed by atoms with Crippen molar-refractivity contribution < 1.29 is 14.1 Å². The van der Waals surface area contributed by atoms with Crippen LogP contribution in [0, 0.1) is 6.92 Å². The van der Waals surface area contributed by atoms with Crippen LogP contribution in [0.4, 0.5) is 0 Å². The van der Waals surface area contributed by atoms with Gasteiger partial charge in [0.1, 0.15) is 24.2 Å². The van der Waals surface area contributed by atoms with E-state index in [0.29, 0.717) is 39.4 Å². The smallest absolute Gasteiger partial charge is 0.342 e. The van der Waals surface area contributed by atoms with Crippen molar-refractivity contribution in [3.05, 3.63) is 46.7 Å². The topological polar surface area (TPSA) is 83.0 Å². The quantitative estimate of drug-likeness (QED) is 0.642. The van der Waals surface area contributed by atoms with Crippen LogP contribution in [0.5, 0.6) is 0 Å². The highest BCUT2D eigenvalue weighted by Crippen LogP contribution is 2.31. The summed E-state index contributed by atoms with van der Waals surface area (Å²) in [5, 5.41) is 4.20. The molecule has 0 aliphatic carbocycles. The fourth-order valence-electron chi connectivity index (χ4n) is 2.42. The molecule has 1 aliphatic rings. The van der Waals surface area contributed by atoms with Crippen molar-refractivity contribution in [3.8, 4) is 17.2 Å². The zero-order chi connectivity index (χ0) is 15.3. The number of aryl methyl sites for hydroxylation is 1. The van der Waals surface area contributed by atoms with Crippen molar-refractivity contribution in [1.29, 1.82) is 0 Å². The van der Waals surface area contributed by atoms with Crippen LogP contribution in [0.3, 0.4) is 0 Å². The number of aromatic nitrogens is 4. The Morgan fingerprint density at radius 3 is 3.00 bits per heavy atom. The van der Waals surface area contributed by atoms with E-state index < -0.39 is 5.97 Å². The van der Waals surface area contributed by atoms with Crippen LogP contribution in [0.25, 0.3) is 17.2 Å². The maximum absolute atomic E-state index is 12.2. The van der Waals surface area contributed by atoms with E-state index in [-0.39, 0.29) is 6.61 Å². The van der Waals surface area contributed by atoms with Crippen LogP contribution in [-0.4, -0.2) is 25.7 Å². The normalized spacial score (nSPS) is 13.3. The van der Waals surface area contributed by atoms with Crippen LogP contribution in [0.1, 0.15) is 21.9 Å². The van der Waals surface area contributed by atoms with E-state index in [1.54, 1.807) is 36.0 Å². The maximum Gasteiger partial charge on any atom is 0.342 e. The molecule has 0 atom stereocenters. The van der Waals surface area contributed by atoms with Gasteiger partial charge in [0.15, 0.2) is 0 Å². The Bertz CT molecular complexity index is 899. The summed E-state index contributed by atoms with van der Waals surface area (Å²) in [7, 11) is 0. The second-order valence-electron chi connectivity index (χ2n) is 4.76. The number of imidazole rings is 1. The van der Waals surface area contributed by atoms with Gasteiger partial charge in [-0.2, -0.15) is 4.98 Å². The minimum Gasteiger partial charge on any atom is -0.455 e. The molecule has 0 saturated heterocycles. The zero-order valence-corrected chi connectivity index (χ0v) is 12.2. The van der Waals surface area contributed by atoms with Crippen LogP contribution in [0.2, 0.25) is 5.02 Å². The van der Waals surface area contributed by atoms with E-state index >= 15 is 0 Å². The monoisotopic (exact) mass is 316 g/mol. The largest absolute Gasteiger partial charge is 0.455 e. The number of esters is 1. The second-order valence-corrected chi connectivity index (χ2v) is 5.16. The fourth-order valence-corrected chi connectivity index (χ4v) is 2.67. The highest BCUT2D eigenvalue weighted by molar-refractivity contribution is 6.34. The Labute approximate surface area is 129 Å². The summed E-state index contributed by atoms with van der Waals surface area (Å²) in [5.41, 5.74) is 2.10. The number of ether oxygens (including phenoxy) is 1. The average molecular weight is 317 g/mol. The first kappa shape index (κ1) is 13.0. The number of benzene rings is 1. The molecular weight excluding hydrogens is 308 g/mol. The molecule has 0 fully saturated rings. The van der Waals surface area contributed by atoms with Crippen molar-refractivity contribution in [2.45, 2.75) is 13.5 Å². The third-order valence-corrected chi connectivity index (χ3v) is 3.72. The molecule has 2 aromatic heterocycles. The highest BCUT2D eigenvalue weighted by atomic mass is 35.5. The maximum atomic E-state index is 12.2. The predicted molar refractivity (Wildman–Crippen MR) is 75.7 cm³/mol. The lowest BCUT2D eigenvalue weighted by atomic mass is 10.1.